The molecule has 28 heavy (non-hydrogen) atoms. The fraction of sp³-hybridized carbons (Fsp3) is 0.350. The lowest BCUT2D eigenvalue weighted by molar-refractivity contribution is 0.0662. The van der Waals surface area contributed by atoms with Crippen LogP contribution in [0.2, 0.25) is 0 Å². The number of likely N-dealkylation sites (N-methyl/N-ethyl adjacent to an activating group) is 1. The average molecular weight is 402 g/mol. The molecule has 0 saturated carbocycles. The minimum absolute atomic E-state index is 0.129. The Kier molecular flexibility index (Phi) is 5.25. The number of anilines is 1. The molecule has 148 valence electrons. The molecule has 1 unspecified atom stereocenters. The summed E-state index contributed by atoms with van der Waals surface area (Å²) in [5.41, 5.74) is 6.96. The minimum atomic E-state index is -1.75. The van der Waals surface area contributed by atoms with Gasteiger partial charge in [-0.2, -0.15) is 5.10 Å². The number of aromatic nitrogens is 2. The second-order valence-electron chi connectivity index (χ2n) is 7.03. The summed E-state index contributed by atoms with van der Waals surface area (Å²) in [4.78, 5) is 15.3. The molecule has 3 aromatic rings. The maximum atomic E-state index is 15.4. The van der Waals surface area contributed by atoms with Crippen molar-refractivity contribution < 1.29 is 13.9 Å². The molecule has 0 aliphatic heterocycles. The van der Waals surface area contributed by atoms with Gasteiger partial charge in [0.25, 0.3) is 5.91 Å². The lowest BCUT2D eigenvalue weighted by atomic mass is 9.97. The van der Waals surface area contributed by atoms with Crippen molar-refractivity contribution in [2.75, 3.05) is 26.4 Å². The second kappa shape index (κ2) is 7.35. The number of ether oxygens (including phenoxy) is 1. The van der Waals surface area contributed by atoms with Crippen molar-refractivity contribution in [3.05, 3.63) is 46.0 Å². The molecule has 0 aliphatic carbocycles. The number of hydrogen-bond acceptors (Lipinski definition) is 6. The molecule has 0 fully saturated rings. The summed E-state index contributed by atoms with van der Waals surface area (Å²) in [5, 5.41) is 8.97. The number of nitrogen functional groups attached to an aromatic ring is 1. The van der Waals surface area contributed by atoms with Gasteiger partial charge in [-0.3, -0.25) is 4.79 Å². The Morgan fingerprint density at radius 3 is 2.75 bits per heavy atom. The molecular formula is C20H23FN4O2S. The van der Waals surface area contributed by atoms with Crippen LogP contribution in [0.3, 0.4) is 0 Å². The number of nitrogens with two attached hydrogens (primary N) is 1. The molecule has 1 atom stereocenters. The van der Waals surface area contributed by atoms with Crippen molar-refractivity contribution in [3.8, 4) is 5.75 Å². The third-order valence-electron chi connectivity index (χ3n) is 4.88. The average Bonchev–Trinajstić information content (AvgIpc) is 3.01. The van der Waals surface area contributed by atoms with Crippen LogP contribution >= 0.6 is 11.3 Å². The van der Waals surface area contributed by atoms with Crippen LogP contribution in [0, 0.1) is 13.8 Å². The lowest BCUT2D eigenvalue weighted by Gasteiger charge is -2.27. The molecule has 8 heteroatoms. The highest BCUT2D eigenvalue weighted by Crippen LogP contribution is 2.36. The van der Waals surface area contributed by atoms with E-state index in [1.165, 1.54) is 30.3 Å². The Bertz CT molecular complexity index is 1050. The number of fused-ring (bicyclic) bond motifs is 1. The van der Waals surface area contributed by atoms with E-state index in [1.54, 1.807) is 31.3 Å². The SMILES string of the molecule is COc1cccc(C(C)(F)CN(C)C(=O)c2sc3nnc(C)c(C)c3c2N)c1. The summed E-state index contributed by atoms with van der Waals surface area (Å²) >= 11 is 1.18. The van der Waals surface area contributed by atoms with Gasteiger partial charge in [0.15, 0.2) is 5.67 Å². The number of aryl methyl sites for hydroxylation is 2. The number of carbonyl (C=O) groups is 1. The lowest BCUT2D eigenvalue weighted by Crippen LogP contribution is -2.37. The molecule has 2 heterocycles. The van der Waals surface area contributed by atoms with E-state index in [1.807, 2.05) is 13.8 Å². The van der Waals surface area contributed by atoms with E-state index in [0.717, 1.165) is 16.6 Å². The number of hydrogen-bond donors (Lipinski definition) is 1. The second-order valence-corrected chi connectivity index (χ2v) is 8.03. The minimum Gasteiger partial charge on any atom is -0.497 e. The van der Waals surface area contributed by atoms with E-state index < -0.39 is 5.67 Å². The van der Waals surface area contributed by atoms with Crippen molar-refractivity contribution in [1.29, 1.82) is 0 Å². The highest BCUT2D eigenvalue weighted by Gasteiger charge is 2.31. The first kappa shape index (κ1) is 20.0. The van der Waals surface area contributed by atoms with Crippen LogP contribution in [-0.2, 0) is 5.67 Å². The molecular weight excluding hydrogens is 379 g/mol. The van der Waals surface area contributed by atoms with Crippen LogP contribution in [0.1, 0.15) is 33.4 Å². The third-order valence-corrected chi connectivity index (χ3v) is 5.96. The number of nitrogens with zero attached hydrogens (tertiary/aromatic N) is 3. The Hall–Kier alpha value is -2.74. The van der Waals surface area contributed by atoms with Crippen molar-refractivity contribution in [2.45, 2.75) is 26.4 Å². The molecule has 2 N–H and O–H groups in total. The highest BCUT2D eigenvalue weighted by molar-refractivity contribution is 7.21. The first-order valence-electron chi connectivity index (χ1n) is 8.76. The molecule has 0 saturated heterocycles. The number of methoxy groups -OCH3 is 1. The largest absolute Gasteiger partial charge is 0.497 e. The normalized spacial score (nSPS) is 13.4. The molecule has 3 rings (SSSR count). The van der Waals surface area contributed by atoms with Crippen LogP contribution in [0.25, 0.3) is 10.2 Å². The molecule has 6 nitrogen and oxygen atoms in total. The van der Waals surface area contributed by atoms with E-state index >= 15 is 4.39 Å². The van der Waals surface area contributed by atoms with E-state index in [4.69, 9.17) is 10.5 Å². The van der Waals surface area contributed by atoms with Crippen molar-refractivity contribution in [2.24, 2.45) is 0 Å². The number of alkyl halides is 1. The summed E-state index contributed by atoms with van der Waals surface area (Å²) in [5.74, 6) is 0.220. The van der Waals surface area contributed by atoms with Crippen LogP contribution in [-0.4, -0.2) is 41.7 Å². The maximum absolute atomic E-state index is 15.4. The van der Waals surface area contributed by atoms with Gasteiger partial charge < -0.3 is 15.4 Å². The van der Waals surface area contributed by atoms with E-state index in [0.29, 0.717) is 26.7 Å². The van der Waals surface area contributed by atoms with Gasteiger partial charge in [-0.05, 0) is 44.0 Å². The predicted molar refractivity (Wildman–Crippen MR) is 110 cm³/mol. The Balaban J connectivity index is 1.89. The van der Waals surface area contributed by atoms with Gasteiger partial charge in [0.1, 0.15) is 15.5 Å². The Labute approximate surface area is 167 Å². The number of rotatable bonds is 5. The van der Waals surface area contributed by atoms with Crippen LogP contribution in [0.4, 0.5) is 10.1 Å². The third kappa shape index (κ3) is 3.52. The van der Waals surface area contributed by atoms with Crippen LogP contribution in [0.5, 0.6) is 5.75 Å². The van der Waals surface area contributed by atoms with Gasteiger partial charge in [-0.1, -0.05) is 12.1 Å². The molecule has 2 aromatic heterocycles. The first-order chi connectivity index (χ1) is 13.2. The number of carbonyl (C=O) groups excluding carboxylic acids is 1. The zero-order valence-corrected chi connectivity index (χ0v) is 17.4. The van der Waals surface area contributed by atoms with Gasteiger partial charge in [-0.25, -0.2) is 4.39 Å². The first-order valence-corrected chi connectivity index (χ1v) is 9.58. The van der Waals surface area contributed by atoms with E-state index in [2.05, 4.69) is 10.2 Å². The summed E-state index contributed by atoms with van der Waals surface area (Å²) < 4.78 is 20.6. The van der Waals surface area contributed by atoms with E-state index in [-0.39, 0.29) is 12.5 Å². The molecule has 0 aliphatic rings. The molecule has 1 amide bonds. The predicted octanol–water partition coefficient (Wildman–Crippen LogP) is 3.86. The zero-order chi connectivity index (χ0) is 20.6. The smallest absolute Gasteiger partial charge is 0.266 e. The zero-order valence-electron chi connectivity index (χ0n) is 16.5. The Morgan fingerprint density at radius 2 is 2.07 bits per heavy atom. The standard InChI is InChI=1S/C20H23FN4O2S/c1-11-12(2)23-24-18-15(11)16(22)17(28-18)19(26)25(4)10-20(3,21)13-7-6-8-14(9-13)27-5/h6-9H,10,22H2,1-5H3. The van der Waals surface area contributed by atoms with Gasteiger partial charge in [-0.15, -0.1) is 16.4 Å². The van der Waals surface area contributed by atoms with Gasteiger partial charge >= 0.3 is 0 Å². The molecule has 0 spiro atoms. The number of amides is 1. The van der Waals surface area contributed by atoms with Crippen molar-refractivity contribution in [1.82, 2.24) is 15.1 Å². The van der Waals surface area contributed by atoms with Gasteiger partial charge in [0.05, 0.1) is 25.0 Å². The van der Waals surface area contributed by atoms with Crippen molar-refractivity contribution in [3.63, 3.8) is 0 Å². The number of thiophene rings is 1. The van der Waals surface area contributed by atoms with Gasteiger partial charge in [0, 0.05) is 12.4 Å². The van der Waals surface area contributed by atoms with E-state index in [9.17, 15) is 4.79 Å². The van der Waals surface area contributed by atoms with Crippen molar-refractivity contribution >= 4 is 33.1 Å². The summed E-state index contributed by atoms with van der Waals surface area (Å²) in [6.07, 6.45) is 0. The monoisotopic (exact) mass is 402 g/mol. The summed E-state index contributed by atoms with van der Waals surface area (Å²) in [6, 6.07) is 6.78. The fourth-order valence-electron chi connectivity index (χ4n) is 3.13. The maximum Gasteiger partial charge on any atom is 0.266 e. The van der Waals surface area contributed by atoms with Crippen LogP contribution < -0.4 is 10.5 Å². The molecule has 0 radical (unpaired) electrons. The molecule has 0 bridgehead atoms. The highest BCUT2D eigenvalue weighted by atomic mass is 32.1. The van der Waals surface area contributed by atoms with Crippen LogP contribution in [0.15, 0.2) is 24.3 Å². The molecule has 1 aromatic carbocycles. The van der Waals surface area contributed by atoms with Gasteiger partial charge in [0.2, 0.25) is 0 Å². The summed E-state index contributed by atoms with van der Waals surface area (Å²) in [7, 11) is 3.09. The number of halogens is 1. The topological polar surface area (TPSA) is 81.3 Å². The quantitative estimate of drug-likeness (QED) is 0.701. The number of benzene rings is 1. The fourth-order valence-corrected chi connectivity index (χ4v) is 4.22. The summed E-state index contributed by atoms with van der Waals surface area (Å²) in [6.45, 7) is 5.05. The Morgan fingerprint density at radius 1 is 1.36 bits per heavy atom.